The van der Waals surface area contributed by atoms with Crippen molar-refractivity contribution in [1.29, 1.82) is 0 Å². The monoisotopic (exact) mass is 238 g/mol. The standard InChI is InChI=1S/C10H10N2O3S/c1-8(13)6-12-7-11-16(14,15)10-5-3-2-4-9(10)12/h2-5,7H,6H2,1H3. The number of nitrogens with zero attached hydrogens (tertiary/aromatic N) is 2. The topological polar surface area (TPSA) is 66.8 Å². The third-order valence-corrected chi connectivity index (χ3v) is 3.44. The van der Waals surface area contributed by atoms with E-state index < -0.39 is 10.0 Å². The number of sulfonamides is 1. The number of carbonyl (C=O) groups is 1. The fraction of sp³-hybridized carbons (Fsp3) is 0.200. The first-order valence-electron chi connectivity index (χ1n) is 4.66. The zero-order chi connectivity index (χ0) is 11.8. The van der Waals surface area contributed by atoms with Crippen molar-refractivity contribution in [3.05, 3.63) is 24.3 Å². The number of benzene rings is 1. The maximum atomic E-state index is 11.6. The van der Waals surface area contributed by atoms with Gasteiger partial charge in [0.15, 0.2) is 0 Å². The lowest BCUT2D eigenvalue weighted by molar-refractivity contribution is -0.115. The number of anilines is 1. The Morgan fingerprint density at radius 2 is 2.06 bits per heavy atom. The summed E-state index contributed by atoms with van der Waals surface area (Å²) in [6.45, 7) is 1.57. The van der Waals surface area contributed by atoms with Crippen molar-refractivity contribution in [3.63, 3.8) is 0 Å². The van der Waals surface area contributed by atoms with E-state index in [2.05, 4.69) is 4.40 Å². The van der Waals surface area contributed by atoms with Crippen LogP contribution in [0.1, 0.15) is 6.92 Å². The van der Waals surface area contributed by atoms with Gasteiger partial charge < -0.3 is 4.90 Å². The number of hydrogen-bond donors (Lipinski definition) is 0. The molecule has 0 fully saturated rings. The molecule has 0 unspecified atom stereocenters. The summed E-state index contributed by atoms with van der Waals surface area (Å²) in [6.07, 6.45) is 1.18. The molecule has 16 heavy (non-hydrogen) atoms. The number of ketones is 1. The van der Waals surface area contributed by atoms with Crippen LogP contribution < -0.4 is 4.90 Å². The molecule has 0 amide bonds. The van der Waals surface area contributed by atoms with Gasteiger partial charge in [-0.25, -0.2) is 0 Å². The molecule has 0 spiro atoms. The van der Waals surface area contributed by atoms with Gasteiger partial charge in [0.1, 0.15) is 17.0 Å². The lowest BCUT2D eigenvalue weighted by Crippen LogP contribution is -2.31. The highest BCUT2D eigenvalue weighted by Crippen LogP contribution is 2.28. The molecular weight excluding hydrogens is 228 g/mol. The van der Waals surface area contributed by atoms with Gasteiger partial charge in [0, 0.05) is 0 Å². The molecule has 1 aromatic rings. The lowest BCUT2D eigenvalue weighted by atomic mass is 10.3. The molecular formula is C10H10N2O3S. The average molecular weight is 238 g/mol. The summed E-state index contributed by atoms with van der Waals surface area (Å²) in [5.74, 6) is -0.0550. The Kier molecular flexibility index (Phi) is 2.51. The summed E-state index contributed by atoms with van der Waals surface area (Å²) in [5.41, 5.74) is 0.493. The summed E-state index contributed by atoms with van der Waals surface area (Å²) in [5, 5.41) is 0. The average Bonchev–Trinajstić information content (AvgIpc) is 2.23. The smallest absolute Gasteiger partial charge is 0.285 e. The van der Waals surface area contributed by atoms with Gasteiger partial charge >= 0.3 is 0 Å². The van der Waals surface area contributed by atoms with Crippen LogP contribution in [0.25, 0.3) is 0 Å². The molecule has 0 aromatic heterocycles. The predicted molar refractivity (Wildman–Crippen MR) is 60.1 cm³/mol. The fourth-order valence-electron chi connectivity index (χ4n) is 1.52. The van der Waals surface area contributed by atoms with Crippen LogP contribution in [0.5, 0.6) is 0 Å². The molecule has 0 saturated heterocycles. The summed E-state index contributed by atoms with van der Waals surface area (Å²) in [7, 11) is -3.59. The van der Waals surface area contributed by atoms with Crippen molar-refractivity contribution in [3.8, 4) is 0 Å². The number of hydrogen-bond acceptors (Lipinski definition) is 4. The summed E-state index contributed by atoms with van der Waals surface area (Å²) < 4.78 is 26.6. The van der Waals surface area contributed by atoms with E-state index in [1.165, 1.54) is 24.2 Å². The van der Waals surface area contributed by atoms with Gasteiger partial charge in [-0.15, -0.1) is 4.40 Å². The van der Waals surface area contributed by atoms with Crippen LogP contribution in [-0.4, -0.2) is 27.1 Å². The van der Waals surface area contributed by atoms with Gasteiger partial charge in [0.05, 0.1) is 12.2 Å². The minimum atomic E-state index is -3.59. The van der Waals surface area contributed by atoms with Crippen LogP contribution >= 0.6 is 0 Å². The van der Waals surface area contributed by atoms with Crippen molar-refractivity contribution in [2.75, 3.05) is 11.4 Å². The third kappa shape index (κ3) is 1.83. The van der Waals surface area contributed by atoms with Gasteiger partial charge in [0.2, 0.25) is 0 Å². The zero-order valence-electron chi connectivity index (χ0n) is 8.62. The van der Waals surface area contributed by atoms with Crippen molar-refractivity contribution in [2.24, 2.45) is 4.40 Å². The predicted octanol–water partition coefficient (Wildman–Crippen LogP) is 0.813. The van der Waals surface area contributed by atoms with E-state index >= 15 is 0 Å². The van der Waals surface area contributed by atoms with E-state index in [0.29, 0.717) is 5.69 Å². The second-order valence-corrected chi connectivity index (χ2v) is 5.09. The van der Waals surface area contributed by atoms with Crippen molar-refractivity contribution in [1.82, 2.24) is 0 Å². The van der Waals surface area contributed by atoms with E-state index in [-0.39, 0.29) is 17.2 Å². The molecule has 0 bridgehead atoms. The normalized spacial score (nSPS) is 16.9. The second kappa shape index (κ2) is 3.71. The lowest BCUT2D eigenvalue weighted by Gasteiger charge is -2.23. The van der Waals surface area contributed by atoms with Gasteiger partial charge in [-0.2, -0.15) is 8.42 Å². The summed E-state index contributed by atoms with van der Waals surface area (Å²) in [4.78, 5) is 12.7. The van der Waals surface area contributed by atoms with E-state index in [4.69, 9.17) is 0 Å². The quantitative estimate of drug-likeness (QED) is 0.764. The second-order valence-electron chi connectivity index (χ2n) is 3.49. The molecule has 1 aliphatic heterocycles. The molecule has 0 aliphatic carbocycles. The Hall–Kier alpha value is -1.69. The van der Waals surface area contributed by atoms with Crippen LogP contribution in [0.2, 0.25) is 0 Å². The number of fused-ring (bicyclic) bond motifs is 1. The van der Waals surface area contributed by atoms with E-state index in [0.717, 1.165) is 0 Å². The Morgan fingerprint density at radius 1 is 1.38 bits per heavy atom. The minimum absolute atomic E-state index is 0.0550. The maximum Gasteiger partial charge on any atom is 0.285 e. The molecule has 0 radical (unpaired) electrons. The van der Waals surface area contributed by atoms with Crippen molar-refractivity contribution in [2.45, 2.75) is 11.8 Å². The van der Waals surface area contributed by atoms with Crippen LogP contribution in [-0.2, 0) is 14.8 Å². The molecule has 2 rings (SSSR count). The van der Waals surface area contributed by atoms with Gasteiger partial charge in [-0.1, -0.05) is 12.1 Å². The minimum Gasteiger partial charge on any atom is -0.323 e. The highest BCUT2D eigenvalue weighted by Gasteiger charge is 2.24. The largest absolute Gasteiger partial charge is 0.323 e. The zero-order valence-corrected chi connectivity index (χ0v) is 9.44. The highest BCUT2D eigenvalue weighted by atomic mass is 32.2. The maximum absolute atomic E-state index is 11.6. The van der Waals surface area contributed by atoms with Gasteiger partial charge in [-0.05, 0) is 19.1 Å². The molecule has 84 valence electrons. The number of para-hydroxylation sites is 1. The molecule has 1 aromatic carbocycles. The Bertz CT molecular complexity index is 563. The SMILES string of the molecule is CC(=O)CN1C=NS(=O)(=O)c2ccccc21. The Morgan fingerprint density at radius 3 is 2.75 bits per heavy atom. The van der Waals surface area contributed by atoms with Crippen LogP contribution in [0.15, 0.2) is 33.6 Å². The van der Waals surface area contributed by atoms with E-state index in [1.54, 1.807) is 18.2 Å². The number of Topliss-reactive ketones (excluding diaryl/α,β-unsaturated/α-hetero) is 1. The molecule has 5 nitrogen and oxygen atoms in total. The summed E-state index contributed by atoms with van der Waals surface area (Å²) >= 11 is 0. The first-order chi connectivity index (χ1) is 7.50. The number of carbonyl (C=O) groups excluding carboxylic acids is 1. The van der Waals surface area contributed by atoms with Gasteiger partial charge in [-0.3, -0.25) is 4.79 Å². The third-order valence-electron chi connectivity index (χ3n) is 2.17. The first-order valence-corrected chi connectivity index (χ1v) is 6.10. The van der Waals surface area contributed by atoms with Crippen molar-refractivity contribution >= 4 is 27.8 Å². The van der Waals surface area contributed by atoms with Crippen LogP contribution in [0.3, 0.4) is 0 Å². The Balaban J connectivity index is 2.53. The van der Waals surface area contributed by atoms with Gasteiger partial charge in [0.25, 0.3) is 10.0 Å². The van der Waals surface area contributed by atoms with E-state index in [1.807, 2.05) is 0 Å². The highest BCUT2D eigenvalue weighted by molar-refractivity contribution is 7.90. The first kappa shape index (κ1) is 10.8. The summed E-state index contributed by atoms with van der Waals surface area (Å²) in [6, 6.07) is 6.49. The molecule has 1 aliphatic rings. The molecule has 0 atom stereocenters. The van der Waals surface area contributed by atoms with Crippen molar-refractivity contribution < 1.29 is 13.2 Å². The Labute approximate surface area is 93.5 Å². The molecule has 1 heterocycles. The number of rotatable bonds is 2. The van der Waals surface area contributed by atoms with E-state index in [9.17, 15) is 13.2 Å². The molecule has 6 heteroatoms. The molecule has 0 N–H and O–H groups in total. The molecule has 0 saturated carbocycles. The fourth-order valence-corrected chi connectivity index (χ4v) is 2.57. The van der Waals surface area contributed by atoms with Crippen LogP contribution in [0, 0.1) is 0 Å². The van der Waals surface area contributed by atoms with Crippen LogP contribution in [0.4, 0.5) is 5.69 Å².